The Labute approximate surface area is 149 Å². The number of hydrogen-bond donors (Lipinski definition) is 1. The number of Topliss-reactive ketones (excluding diaryl/α,β-unsaturated/α-hetero) is 1. The molecule has 0 saturated heterocycles. The molecule has 0 saturated carbocycles. The molecule has 23 heavy (non-hydrogen) atoms. The molecule has 0 N–H and O–H groups in total. The van der Waals surface area contributed by atoms with E-state index in [0.717, 1.165) is 33.8 Å². The van der Waals surface area contributed by atoms with Crippen molar-refractivity contribution < 1.29 is 4.79 Å². The molecule has 0 aromatic heterocycles. The van der Waals surface area contributed by atoms with Crippen molar-refractivity contribution in [3.8, 4) is 0 Å². The van der Waals surface area contributed by atoms with Crippen molar-refractivity contribution >= 4 is 36.2 Å². The van der Waals surface area contributed by atoms with Gasteiger partial charge >= 0.3 is 0 Å². The highest BCUT2D eigenvalue weighted by molar-refractivity contribution is 8.07. The molecule has 0 radical (unpaired) electrons. The van der Waals surface area contributed by atoms with Crippen molar-refractivity contribution in [1.29, 1.82) is 0 Å². The molecule has 0 bridgehead atoms. The van der Waals surface area contributed by atoms with Crippen LogP contribution in [-0.4, -0.2) is 5.78 Å². The van der Waals surface area contributed by atoms with Crippen LogP contribution in [0.5, 0.6) is 0 Å². The number of thiol groups is 1. The average Bonchev–Trinajstić information content (AvgIpc) is 2.51. The predicted octanol–water partition coefficient (Wildman–Crippen LogP) is 6.45. The monoisotopic (exact) mass is 344 g/mol. The fraction of sp³-hybridized carbons (Fsp3) is 0.250. The Hall–Kier alpha value is -1.45. The van der Waals surface area contributed by atoms with E-state index in [1.807, 2.05) is 25.1 Å². The summed E-state index contributed by atoms with van der Waals surface area (Å²) in [7, 11) is 0. The van der Waals surface area contributed by atoms with E-state index in [1.54, 1.807) is 0 Å². The topological polar surface area (TPSA) is 17.1 Å². The van der Waals surface area contributed by atoms with E-state index in [0.29, 0.717) is 4.91 Å². The number of carbonyl (C=O) groups is 1. The Balaban J connectivity index is 2.59. The molecule has 1 aromatic carbocycles. The molecule has 0 amide bonds. The molecule has 0 aliphatic carbocycles. The Bertz CT molecular complexity index is 666. The number of allylic oxidation sites excluding steroid dienone is 4. The first-order valence-corrected chi connectivity index (χ1v) is 8.77. The van der Waals surface area contributed by atoms with E-state index >= 15 is 0 Å². The highest BCUT2D eigenvalue weighted by Crippen LogP contribution is 2.31. The predicted molar refractivity (Wildman–Crippen MR) is 107 cm³/mol. The SMILES string of the molecule is C=C(SC(=C)/C(C)=C(\C)CC/C=C\c1ccccc1S)C(C)=O. The first kappa shape index (κ1) is 19.6. The molecule has 0 fully saturated rings. The normalized spacial score (nSPS) is 12.2. The minimum Gasteiger partial charge on any atom is -0.294 e. The summed E-state index contributed by atoms with van der Waals surface area (Å²) in [5.74, 6) is -0.00467. The van der Waals surface area contributed by atoms with Gasteiger partial charge in [0.05, 0.1) is 0 Å². The zero-order valence-corrected chi connectivity index (χ0v) is 15.8. The highest BCUT2D eigenvalue weighted by Gasteiger charge is 2.07. The minimum absolute atomic E-state index is 0.00467. The summed E-state index contributed by atoms with van der Waals surface area (Å²) >= 11 is 5.80. The van der Waals surface area contributed by atoms with Gasteiger partial charge in [0.1, 0.15) is 0 Å². The summed E-state index contributed by atoms with van der Waals surface area (Å²) in [5.41, 5.74) is 3.55. The van der Waals surface area contributed by atoms with Crippen LogP contribution in [0.25, 0.3) is 6.08 Å². The van der Waals surface area contributed by atoms with E-state index in [9.17, 15) is 4.79 Å². The van der Waals surface area contributed by atoms with Gasteiger partial charge in [0.15, 0.2) is 5.78 Å². The van der Waals surface area contributed by atoms with Gasteiger partial charge in [0, 0.05) is 14.7 Å². The number of rotatable bonds is 8. The molecule has 0 aliphatic rings. The molecular weight excluding hydrogens is 320 g/mol. The lowest BCUT2D eigenvalue weighted by atomic mass is 10.1. The number of ketones is 1. The molecule has 1 nitrogen and oxygen atoms in total. The zero-order chi connectivity index (χ0) is 17.4. The Morgan fingerprint density at radius 2 is 1.83 bits per heavy atom. The van der Waals surface area contributed by atoms with Gasteiger partial charge in [-0.25, -0.2) is 0 Å². The van der Waals surface area contributed by atoms with Gasteiger partial charge in [0.25, 0.3) is 0 Å². The van der Waals surface area contributed by atoms with E-state index in [-0.39, 0.29) is 5.78 Å². The largest absolute Gasteiger partial charge is 0.294 e. The standard InChI is InChI=1S/C20H24OS2/c1-14(15(2)17(4)23-18(5)16(3)21)10-6-7-11-19-12-8-9-13-20(19)22/h7-9,11-13,22H,4-6,10H2,1-3H3/b11-7-,15-14+. The summed E-state index contributed by atoms with van der Waals surface area (Å²) in [6.45, 7) is 13.5. The third-order valence-electron chi connectivity index (χ3n) is 3.62. The summed E-state index contributed by atoms with van der Waals surface area (Å²) in [5, 5.41) is 0. The lowest BCUT2D eigenvalue weighted by Crippen LogP contribution is -1.92. The zero-order valence-electron chi connectivity index (χ0n) is 14.1. The second-order valence-electron chi connectivity index (χ2n) is 5.41. The molecule has 122 valence electrons. The van der Waals surface area contributed by atoms with Crippen LogP contribution in [0.15, 0.2) is 69.4 Å². The lowest BCUT2D eigenvalue weighted by Gasteiger charge is -2.10. The van der Waals surface area contributed by atoms with Gasteiger partial charge in [0.2, 0.25) is 0 Å². The van der Waals surface area contributed by atoms with Crippen molar-refractivity contribution in [2.45, 2.75) is 38.5 Å². The average molecular weight is 345 g/mol. The molecule has 0 heterocycles. The van der Waals surface area contributed by atoms with Gasteiger partial charge < -0.3 is 0 Å². The fourth-order valence-corrected chi connectivity index (χ4v) is 2.86. The van der Waals surface area contributed by atoms with E-state index in [4.69, 9.17) is 0 Å². The molecule has 0 aliphatic heterocycles. The van der Waals surface area contributed by atoms with Crippen LogP contribution in [0.1, 0.15) is 39.2 Å². The molecular formula is C20H24OS2. The molecule has 1 rings (SSSR count). The minimum atomic E-state index is -0.00467. The van der Waals surface area contributed by atoms with Crippen LogP contribution < -0.4 is 0 Å². The quantitative estimate of drug-likeness (QED) is 0.331. The van der Waals surface area contributed by atoms with Crippen molar-refractivity contribution in [2.75, 3.05) is 0 Å². The van der Waals surface area contributed by atoms with Crippen LogP contribution in [0.2, 0.25) is 0 Å². The summed E-state index contributed by atoms with van der Waals surface area (Å²) in [6, 6.07) is 8.03. The maximum absolute atomic E-state index is 11.3. The number of thioether (sulfide) groups is 1. The molecule has 0 spiro atoms. The van der Waals surface area contributed by atoms with Crippen molar-refractivity contribution in [1.82, 2.24) is 0 Å². The summed E-state index contributed by atoms with van der Waals surface area (Å²) in [6.07, 6.45) is 6.18. The number of hydrogen-bond acceptors (Lipinski definition) is 3. The van der Waals surface area contributed by atoms with Crippen LogP contribution >= 0.6 is 24.4 Å². The lowest BCUT2D eigenvalue weighted by molar-refractivity contribution is -0.112. The molecule has 0 unspecified atom stereocenters. The van der Waals surface area contributed by atoms with E-state index < -0.39 is 0 Å². The first-order chi connectivity index (χ1) is 10.8. The summed E-state index contributed by atoms with van der Waals surface area (Å²) < 4.78 is 0. The Morgan fingerprint density at radius 1 is 1.17 bits per heavy atom. The van der Waals surface area contributed by atoms with Crippen molar-refractivity contribution in [2.24, 2.45) is 0 Å². The third kappa shape index (κ3) is 6.67. The van der Waals surface area contributed by atoms with Crippen LogP contribution in [0, 0.1) is 0 Å². The van der Waals surface area contributed by atoms with Crippen LogP contribution in [0.3, 0.4) is 0 Å². The van der Waals surface area contributed by atoms with Gasteiger partial charge in [-0.15, -0.1) is 12.6 Å². The third-order valence-corrected chi connectivity index (χ3v) is 5.11. The number of carbonyl (C=O) groups excluding carboxylic acids is 1. The highest BCUT2D eigenvalue weighted by atomic mass is 32.2. The molecule has 1 aromatic rings. The first-order valence-electron chi connectivity index (χ1n) is 7.50. The summed E-state index contributed by atoms with van der Waals surface area (Å²) in [4.78, 5) is 13.7. The number of benzene rings is 1. The van der Waals surface area contributed by atoms with Gasteiger partial charge in [-0.05, 0) is 50.8 Å². The van der Waals surface area contributed by atoms with Crippen LogP contribution in [0.4, 0.5) is 0 Å². The maximum atomic E-state index is 11.3. The van der Waals surface area contributed by atoms with E-state index in [1.165, 1.54) is 24.3 Å². The van der Waals surface area contributed by atoms with Gasteiger partial charge in [-0.3, -0.25) is 4.79 Å². The molecule has 3 heteroatoms. The smallest absolute Gasteiger partial charge is 0.165 e. The Kier molecular flexibility index (Phi) is 8.21. The maximum Gasteiger partial charge on any atom is 0.165 e. The van der Waals surface area contributed by atoms with Gasteiger partial charge in [-0.1, -0.05) is 60.8 Å². The second-order valence-corrected chi connectivity index (χ2v) is 7.08. The van der Waals surface area contributed by atoms with Gasteiger partial charge in [-0.2, -0.15) is 0 Å². The van der Waals surface area contributed by atoms with Crippen molar-refractivity contribution in [3.05, 3.63) is 70.0 Å². The fourth-order valence-electron chi connectivity index (χ4n) is 1.86. The van der Waals surface area contributed by atoms with Crippen molar-refractivity contribution in [3.63, 3.8) is 0 Å². The van der Waals surface area contributed by atoms with Crippen LogP contribution in [-0.2, 0) is 4.79 Å². The van der Waals surface area contributed by atoms with E-state index in [2.05, 4.69) is 50.9 Å². The molecule has 0 atom stereocenters. The Morgan fingerprint density at radius 3 is 2.43 bits per heavy atom. The second kappa shape index (κ2) is 9.64.